The van der Waals surface area contributed by atoms with E-state index >= 15 is 0 Å². The summed E-state index contributed by atoms with van der Waals surface area (Å²) in [6.45, 7) is 6.78. The lowest BCUT2D eigenvalue weighted by Crippen LogP contribution is -2.46. The van der Waals surface area contributed by atoms with Crippen LogP contribution in [0.1, 0.15) is 37.4 Å². The fraction of sp³-hybridized carbons (Fsp3) is 0.350. The molecule has 162 valence electrons. The molecule has 10 heteroatoms. The van der Waals surface area contributed by atoms with E-state index in [-0.39, 0.29) is 33.8 Å². The minimum Gasteiger partial charge on any atom is -0.479 e. The van der Waals surface area contributed by atoms with Crippen molar-refractivity contribution < 1.29 is 29.3 Å². The van der Waals surface area contributed by atoms with Gasteiger partial charge in [-0.3, -0.25) is 4.90 Å². The van der Waals surface area contributed by atoms with Crippen molar-refractivity contribution in [1.82, 2.24) is 5.32 Å². The number of nitrogens with zero attached hydrogens (tertiary/aromatic N) is 1. The van der Waals surface area contributed by atoms with Gasteiger partial charge in [-0.05, 0) is 45.4 Å². The number of nitrogens with one attached hydrogen (secondary N) is 1. The summed E-state index contributed by atoms with van der Waals surface area (Å²) >= 11 is 7.23. The van der Waals surface area contributed by atoms with Gasteiger partial charge in [0.15, 0.2) is 17.2 Å². The van der Waals surface area contributed by atoms with Crippen LogP contribution in [0.2, 0.25) is 5.02 Å². The van der Waals surface area contributed by atoms with E-state index in [0.717, 1.165) is 11.3 Å². The topological polar surface area (TPSA) is 116 Å². The number of rotatable bonds is 8. The number of hydrogen-bond donors (Lipinski definition) is 3. The average molecular weight is 455 g/mol. The van der Waals surface area contributed by atoms with Crippen molar-refractivity contribution in [3.63, 3.8) is 0 Å². The minimum absolute atomic E-state index is 0.0125. The second-order valence-corrected chi connectivity index (χ2v) is 8.41. The molecule has 0 atom stereocenters. The largest absolute Gasteiger partial charge is 0.479 e. The molecular formula is C20H23ClN2O6S. The van der Waals surface area contributed by atoms with E-state index in [9.17, 15) is 19.5 Å². The van der Waals surface area contributed by atoms with Crippen molar-refractivity contribution in [2.45, 2.75) is 39.8 Å². The number of thiophene rings is 1. The normalized spacial score (nSPS) is 10.9. The van der Waals surface area contributed by atoms with Gasteiger partial charge in [0.1, 0.15) is 5.02 Å². The van der Waals surface area contributed by atoms with Crippen molar-refractivity contribution in [3.8, 4) is 16.2 Å². The smallest absolute Gasteiger partial charge is 0.349 e. The summed E-state index contributed by atoms with van der Waals surface area (Å²) in [5.41, 5.74) is 1.19. The van der Waals surface area contributed by atoms with Crippen molar-refractivity contribution >= 4 is 46.6 Å². The summed E-state index contributed by atoms with van der Waals surface area (Å²) in [6.07, 6.45) is 0. The molecule has 0 fully saturated rings. The molecule has 1 heterocycles. The Morgan fingerprint density at radius 1 is 1.20 bits per heavy atom. The number of ether oxygens (including phenoxy) is 1. The van der Waals surface area contributed by atoms with E-state index in [1.165, 1.54) is 0 Å². The Morgan fingerprint density at radius 3 is 2.40 bits per heavy atom. The van der Waals surface area contributed by atoms with Crippen molar-refractivity contribution in [2.24, 2.45) is 0 Å². The van der Waals surface area contributed by atoms with Gasteiger partial charge in [-0.15, -0.1) is 11.3 Å². The minimum atomic E-state index is -1.27. The van der Waals surface area contributed by atoms with E-state index in [2.05, 4.69) is 5.32 Å². The highest BCUT2D eigenvalue weighted by atomic mass is 35.5. The number of carbonyl (C=O) groups is 3. The van der Waals surface area contributed by atoms with Crippen LogP contribution in [-0.2, 0) is 4.79 Å². The van der Waals surface area contributed by atoms with Gasteiger partial charge in [0.2, 0.25) is 0 Å². The first-order valence-corrected chi connectivity index (χ1v) is 10.3. The summed E-state index contributed by atoms with van der Waals surface area (Å²) in [7, 11) is 0. The van der Waals surface area contributed by atoms with Crippen LogP contribution in [0.5, 0.6) is 5.75 Å². The molecule has 0 aliphatic heterocycles. The van der Waals surface area contributed by atoms with Crippen LogP contribution in [0.25, 0.3) is 10.4 Å². The quantitative estimate of drug-likeness (QED) is 0.538. The maximum absolute atomic E-state index is 12.6. The van der Waals surface area contributed by atoms with Crippen molar-refractivity contribution in [2.75, 3.05) is 11.5 Å². The molecule has 0 spiro atoms. The van der Waals surface area contributed by atoms with E-state index in [0.29, 0.717) is 16.1 Å². The molecule has 1 aromatic heterocycles. The third-order valence-electron chi connectivity index (χ3n) is 3.88. The number of benzene rings is 1. The number of aliphatic carboxylic acids is 1. The zero-order valence-corrected chi connectivity index (χ0v) is 18.5. The number of hydrogen-bond acceptors (Lipinski definition) is 5. The maximum atomic E-state index is 12.6. The third-order valence-corrected chi connectivity index (χ3v) is 5.56. The van der Waals surface area contributed by atoms with Crippen molar-refractivity contribution in [1.29, 1.82) is 0 Å². The van der Waals surface area contributed by atoms with E-state index in [1.807, 2.05) is 27.7 Å². The van der Waals surface area contributed by atoms with Crippen molar-refractivity contribution in [3.05, 3.63) is 34.2 Å². The lowest BCUT2D eigenvalue weighted by molar-refractivity contribution is -0.139. The molecule has 3 N–H and O–H groups in total. The van der Waals surface area contributed by atoms with Gasteiger partial charge in [-0.25, -0.2) is 14.4 Å². The SMILES string of the molecule is CC(C)NC(=O)N(c1cccc(-c2sc(C(=O)O)c(OCC(=O)O)c2Cl)c1)C(C)C. The van der Waals surface area contributed by atoms with Gasteiger partial charge in [-0.1, -0.05) is 23.7 Å². The van der Waals surface area contributed by atoms with Crippen LogP contribution in [0, 0.1) is 0 Å². The standard InChI is InChI=1S/C20H23ClN2O6S/c1-10(2)22-20(28)23(11(3)4)13-7-5-6-12(8-13)17-15(21)16(29-9-14(24)25)18(30-17)19(26)27/h5-8,10-11H,9H2,1-4H3,(H,22,28)(H,24,25)(H,26,27). The number of carboxylic acid groups (broad SMARTS) is 2. The molecule has 1 aromatic carbocycles. The van der Waals surface area contributed by atoms with Crippen LogP contribution in [-0.4, -0.2) is 46.9 Å². The van der Waals surface area contributed by atoms with Gasteiger partial charge in [-0.2, -0.15) is 0 Å². The molecule has 0 aliphatic carbocycles. The molecule has 8 nitrogen and oxygen atoms in total. The lowest BCUT2D eigenvalue weighted by atomic mass is 10.1. The molecule has 0 aliphatic rings. The molecule has 0 unspecified atom stereocenters. The van der Waals surface area contributed by atoms with E-state index in [1.54, 1.807) is 29.2 Å². The molecular weight excluding hydrogens is 432 g/mol. The summed E-state index contributed by atoms with van der Waals surface area (Å²) < 4.78 is 5.11. The Hall–Kier alpha value is -2.78. The van der Waals surface area contributed by atoms with Gasteiger partial charge in [0.05, 0.1) is 4.88 Å². The average Bonchev–Trinajstić information content (AvgIpc) is 2.96. The molecule has 2 amide bonds. The summed E-state index contributed by atoms with van der Waals surface area (Å²) in [5, 5.41) is 21.1. The number of anilines is 1. The molecule has 2 rings (SSSR count). The van der Waals surface area contributed by atoms with E-state index < -0.39 is 18.5 Å². The molecule has 0 saturated heterocycles. The Balaban J connectivity index is 2.50. The first-order valence-electron chi connectivity index (χ1n) is 9.13. The molecule has 0 radical (unpaired) electrons. The Kier molecular flexibility index (Phi) is 7.69. The highest BCUT2D eigenvalue weighted by Crippen LogP contribution is 2.46. The van der Waals surface area contributed by atoms with Gasteiger partial charge >= 0.3 is 18.0 Å². The Morgan fingerprint density at radius 2 is 1.87 bits per heavy atom. The van der Waals surface area contributed by atoms with Crippen LogP contribution in [0.4, 0.5) is 10.5 Å². The fourth-order valence-corrected chi connectivity index (χ4v) is 4.15. The van der Waals surface area contributed by atoms with Crippen LogP contribution in [0.3, 0.4) is 0 Å². The van der Waals surface area contributed by atoms with Crippen LogP contribution in [0.15, 0.2) is 24.3 Å². The maximum Gasteiger partial charge on any atom is 0.349 e. The zero-order valence-electron chi connectivity index (χ0n) is 16.9. The predicted molar refractivity (Wildman–Crippen MR) is 116 cm³/mol. The first kappa shape index (κ1) is 23.5. The second-order valence-electron chi connectivity index (χ2n) is 7.01. The summed E-state index contributed by atoms with van der Waals surface area (Å²) in [4.78, 5) is 36.8. The fourth-order valence-electron chi connectivity index (χ4n) is 2.75. The first-order chi connectivity index (χ1) is 14.0. The second kappa shape index (κ2) is 9.82. The van der Waals surface area contributed by atoms with Gasteiger partial charge in [0, 0.05) is 17.8 Å². The molecule has 0 saturated carbocycles. The number of aromatic carboxylic acids is 1. The summed E-state index contributed by atoms with van der Waals surface area (Å²) in [6, 6.07) is 6.52. The predicted octanol–water partition coefficient (Wildman–Crippen LogP) is 4.56. The number of amides is 2. The van der Waals surface area contributed by atoms with Gasteiger partial charge in [0.25, 0.3) is 0 Å². The highest BCUT2D eigenvalue weighted by Gasteiger charge is 2.26. The number of carbonyl (C=O) groups excluding carboxylic acids is 1. The highest BCUT2D eigenvalue weighted by molar-refractivity contribution is 7.18. The monoisotopic (exact) mass is 454 g/mol. The Labute approximate surface area is 183 Å². The van der Waals surface area contributed by atoms with Gasteiger partial charge < -0.3 is 20.3 Å². The number of halogens is 1. The van der Waals surface area contributed by atoms with Crippen LogP contribution >= 0.6 is 22.9 Å². The third kappa shape index (κ3) is 5.43. The lowest BCUT2D eigenvalue weighted by Gasteiger charge is -2.28. The molecule has 2 aromatic rings. The zero-order chi connectivity index (χ0) is 22.6. The van der Waals surface area contributed by atoms with E-state index in [4.69, 9.17) is 21.4 Å². The number of carboxylic acids is 2. The Bertz CT molecular complexity index is 957. The summed E-state index contributed by atoms with van der Waals surface area (Å²) in [5.74, 6) is -2.71. The van der Waals surface area contributed by atoms with Crippen LogP contribution < -0.4 is 15.0 Å². The molecule has 0 bridgehead atoms. The molecule has 30 heavy (non-hydrogen) atoms. The number of urea groups is 1.